The van der Waals surface area contributed by atoms with Gasteiger partial charge >= 0.3 is 39.5 Å². The van der Waals surface area contributed by atoms with Gasteiger partial charge in [-0.3, -0.25) is 37.3 Å². The first-order valence-corrected chi connectivity index (χ1v) is 36.7. The van der Waals surface area contributed by atoms with E-state index in [0.29, 0.717) is 37.5 Å². The summed E-state index contributed by atoms with van der Waals surface area (Å²) in [5.74, 6) is -0.0447. The Bertz CT molecular complexity index is 1780. The average molecular weight is 1250 g/mol. The van der Waals surface area contributed by atoms with Gasteiger partial charge in [-0.05, 0) is 69.1 Å². The molecule has 500 valence electrons. The van der Waals surface area contributed by atoms with Crippen molar-refractivity contribution in [2.75, 3.05) is 39.6 Å². The van der Waals surface area contributed by atoms with E-state index >= 15 is 0 Å². The van der Waals surface area contributed by atoms with Crippen LogP contribution in [-0.2, 0) is 65.4 Å². The molecule has 0 fully saturated rings. The summed E-state index contributed by atoms with van der Waals surface area (Å²) < 4.78 is 68.0. The number of unbranched alkanes of at least 4 members (excludes halogenated alkanes) is 26. The number of phosphoric acid groups is 2. The fraction of sp³-hybridized carbons (Fsp3) is 0.879. The number of hydrogen-bond donors (Lipinski definition) is 3. The van der Waals surface area contributed by atoms with E-state index in [1.165, 1.54) is 83.5 Å². The van der Waals surface area contributed by atoms with E-state index in [-0.39, 0.29) is 25.7 Å². The zero-order valence-corrected chi connectivity index (χ0v) is 56.3. The molecule has 0 saturated heterocycles. The SMILES string of the molecule is CCCCCC/C=C\C=C/CCCCCCCC(=O)O[C@H](COC(=O)CCCCCCCCCC(C)C)COP(=O)(O)OCC(O)COP(=O)(O)OC[C@@H](COC(=O)CCCCCCCCCC(C)C)OC(=O)CCCCCCCCC(C)CC. The van der Waals surface area contributed by atoms with Crippen LogP contribution in [0.5, 0.6) is 0 Å². The minimum Gasteiger partial charge on any atom is -0.462 e. The summed E-state index contributed by atoms with van der Waals surface area (Å²) in [7, 11) is -9.90. The fourth-order valence-corrected chi connectivity index (χ4v) is 10.8. The van der Waals surface area contributed by atoms with Crippen molar-refractivity contribution in [2.24, 2.45) is 17.8 Å². The van der Waals surface area contributed by atoms with Crippen LogP contribution in [0, 0.1) is 17.8 Å². The molecule has 0 bridgehead atoms. The van der Waals surface area contributed by atoms with E-state index < -0.39 is 97.5 Å². The van der Waals surface area contributed by atoms with Crippen LogP contribution in [0.15, 0.2) is 24.3 Å². The first kappa shape index (κ1) is 82.5. The van der Waals surface area contributed by atoms with E-state index in [1.54, 1.807) is 0 Å². The van der Waals surface area contributed by atoms with Gasteiger partial charge in [0.1, 0.15) is 19.3 Å². The van der Waals surface area contributed by atoms with Gasteiger partial charge in [-0.15, -0.1) is 0 Å². The van der Waals surface area contributed by atoms with Crippen LogP contribution in [0.4, 0.5) is 0 Å². The number of aliphatic hydroxyl groups excluding tert-OH is 1. The van der Waals surface area contributed by atoms with Gasteiger partial charge in [0.05, 0.1) is 26.4 Å². The van der Waals surface area contributed by atoms with Crippen LogP contribution in [0.3, 0.4) is 0 Å². The third-order valence-electron chi connectivity index (χ3n) is 14.9. The topological polar surface area (TPSA) is 237 Å². The molecule has 0 heterocycles. The average Bonchev–Trinajstić information content (AvgIpc) is 3.62. The highest BCUT2D eigenvalue weighted by atomic mass is 31.2. The van der Waals surface area contributed by atoms with Crippen LogP contribution >= 0.6 is 15.6 Å². The Labute approximate surface area is 516 Å². The largest absolute Gasteiger partial charge is 0.472 e. The zero-order valence-electron chi connectivity index (χ0n) is 54.5. The molecule has 0 saturated carbocycles. The number of carbonyl (C=O) groups excluding carboxylic acids is 4. The monoisotopic (exact) mass is 1250 g/mol. The van der Waals surface area contributed by atoms with Crippen molar-refractivity contribution >= 4 is 39.5 Å². The maximum atomic E-state index is 13.0. The number of phosphoric ester groups is 2. The summed E-state index contributed by atoms with van der Waals surface area (Å²) in [6.07, 6.45) is 41.4. The van der Waals surface area contributed by atoms with Gasteiger partial charge in [0.25, 0.3) is 0 Å². The summed E-state index contributed by atoms with van der Waals surface area (Å²) in [4.78, 5) is 72.2. The molecule has 0 aromatic carbocycles. The van der Waals surface area contributed by atoms with Gasteiger partial charge in [-0.2, -0.15) is 0 Å². The van der Waals surface area contributed by atoms with Gasteiger partial charge in [0.2, 0.25) is 0 Å². The molecule has 0 aliphatic heterocycles. The van der Waals surface area contributed by atoms with Crippen LogP contribution in [0.25, 0.3) is 0 Å². The Balaban J connectivity index is 5.28. The molecule has 0 aliphatic rings. The summed E-state index contributed by atoms with van der Waals surface area (Å²) in [5.41, 5.74) is 0. The Morgan fingerprint density at radius 1 is 0.388 bits per heavy atom. The van der Waals surface area contributed by atoms with Crippen molar-refractivity contribution < 1.29 is 80.2 Å². The quantitative estimate of drug-likeness (QED) is 0.0169. The second-order valence-corrected chi connectivity index (χ2v) is 27.3. The highest BCUT2D eigenvalue weighted by Gasteiger charge is 2.30. The second-order valence-electron chi connectivity index (χ2n) is 24.4. The number of carbonyl (C=O) groups is 4. The highest BCUT2D eigenvalue weighted by Crippen LogP contribution is 2.45. The Morgan fingerprint density at radius 2 is 0.694 bits per heavy atom. The predicted molar refractivity (Wildman–Crippen MR) is 340 cm³/mol. The number of esters is 4. The van der Waals surface area contributed by atoms with E-state index in [1.807, 2.05) is 0 Å². The van der Waals surface area contributed by atoms with Crippen molar-refractivity contribution in [3.8, 4) is 0 Å². The van der Waals surface area contributed by atoms with Crippen LogP contribution in [0.2, 0.25) is 0 Å². The molecule has 0 aromatic heterocycles. The lowest BCUT2D eigenvalue weighted by Gasteiger charge is -2.21. The third-order valence-corrected chi connectivity index (χ3v) is 16.8. The van der Waals surface area contributed by atoms with Crippen molar-refractivity contribution in [3.05, 3.63) is 24.3 Å². The number of ether oxygens (including phenoxy) is 4. The number of rotatable bonds is 62. The maximum Gasteiger partial charge on any atom is 0.472 e. The van der Waals surface area contributed by atoms with Gasteiger partial charge in [-0.1, -0.05) is 246 Å². The lowest BCUT2D eigenvalue weighted by molar-refractivity contribution is -0.161. The summed E-state index contributed by atoms with van der Waals surface area (Å²) in [6, 6.07) is 0. The standard InChI is InChI=1S/C66H124O17P2/c1-8-10-11-12-13-14-15-16-17-18-19-20-25-35-42-49-65(70)82-61(53-76-63(68)47-40-33-26-21-23-30-37-44-57(3)4)55-80-84(72,73)78-51-60(67)52-79-85(74,75)81-56-62(83-66(71)50-43-36-29-28-32-39-46-59(7)9-2)54-77-64(69)48-41-34-27-22-24-31-38-45-58(5)6/h14-17,57-62,67H,8-13,18-56H2,1-7H3,(H,72,73)(H,74,75)/b15-14-,17-16-/t59?,60?,61-,62-/m1/s1. The molecule has 0 aromatic rings. The van der Waals surface area contributed by atoms with Gasteiger partial charge < -0.3 is 33.8 Å². The van der Waals surface area contributed by atoms with Gasteiger partial charge in [0, 0.05) is 25.7 Å². The molecule has 17 nitrogen and oxygen atoms in total. The molecule has 85 heavy (non-hydrogen) atoms. The maximum absolute atomic E-state index is 13.0. The van der Waals surface area contributed by atoms with E-state index in [4.69, 9.17) is 37.0 Å². The molecule has 0 spiro atoms. The number of aliphatic hydroxyl groups is 1. The highest BCUT2D eigenvalue weighted by molar-refractivity contribution is 7.47. The summed E-state index contributed by atoms with van der Waals surface area (Å²) in [5, 5.41) is 10.5. The van der Waals surface area contributed by atoms with Crippen LogP contribution in [0.1, 0.15) is 299 Å². The fourth-order valence-electron chi connectivity index (χ4n) is 9.26. The molecule has 0 radical (unpaired) electrons. The molecule has 4 unspecified atom stereocenters. The summed E-state index contributed by atoms with van der Waals surface area (Å²) in [6.45, 7) is 11.6. The Morgan fingerprint density at radius 3 is 1.05 bits per heavy atom. The van der Waals surface area contributed by atoms with Crippen molar-refractivity contribution in [2.45, 2.75) is 317 Å². The number of allylic oxidation sites excluding steroid dienone is 4. The molecule has 6 atom stereocenters. The van der Waals surface area contributed by atoms with Crippen molar-refractivity contribution in [1.82, 2.24) is 0 Å². The molecule has 19 heteroatoms. The Hall–Kier alpha value is -2.46. The molecule has 3 N–H and O–H groups in total. The normalized spacial score (nSPS) is 14.8. The predicted octanol–water partition coefficient (Wildman–Crippen LogP) is 17.8. The van der Waals surface area contributed by atoms with E-state index in [0.717, 1.165) is 121 Å². The molecular formula is C66H124O17P2. The number of hydrogen-bond acceptors (Lipinski definition) is 15. The van der Waals surface area contributed by atoms with E-state index in [9.17, 15) is 43.2 Å². The van der Waals surface area contributed by atoms with Gasteiger partial charge in [0.15, 0.2) is 12.2 Å². The van der Waals surface area contributed by atoms with Crippen LogP contribution < -0.4 is 0 Å². The molecule has 0 rings (SSSR count). The first-order chi connectivity index (χ1) is 40.8. The molecule has 0 aliphatic carbocycles. The van der Waals surface area contributed by atoms with E-state index in [2.05, 4.69) is 72.8 Å². The second kappa shape index (κ2) is 56.8. The lowest BCUT2D eigenvalue weighted by atomic mass is 10.00. The minimum absolute atomic E-state index is 0.0834. The lowest BCUT2D eigenvalue weighted by Crippen LogP contribution is -2.30. The third kappa shape index (κ3) is 59.0. The summed E-state index contributed by atoms with van der Waals surface area (Å²) >= 11 is 0. The molecule has 0 amide bonds. The van der Waals surface area contributed by atoms with Crippen molar-refractivity contribution in [3.63, 3.8) is 0 Å². The first-order valence-electron chi connectivity index (χ1n) is 33.7. The molecular weight excluding hydrogens is 1130 g/mol. The smallest absolute Gasteiger partial charge is 0.462 e. The van der Waals surface area contributed by atoms with Crippen molar-refractivity contribution in [1.29, 1.82) is 0 Å². The van der Waals surface area contributed by atoms with Gasteiger partial charge in [-0.25, -0.2) is 9.13 Å². The van der Waals surface area contributed by atoms with Crippen LogP contribution in [-0.4, -0.2) is 96.7 Å². The minimum atomic E-state index is -4.96. The Kier molecular flexibility index (Phi) is 55.1. The zero-order chi connectivity index (χ0) is 63.1.